The summed E-state index contributed by atoms with van der Waals surface area (Å²) in [6.45, 7) is 6.23. The van der Waals surface area contributed by atoms with Crippen LogP contribution in [0.15, 0.2) is 12.7 Å². The molecule has 0 aromatic heterocycles. The Hall–Kier alpha value is -1.36. The van der Waals surface area contributed by atoms with Crippen molar-refractivity contribution < 1.29 is 9.59 Å². The van der Waals surface area contributed by atoms with Crippen LogP contribution in [0.4, 0.5) is 0 Å². The third-order valence-electron chi connectivity index (χ3n) is 2.10. The Morgan fingerprint density at radius 2 is 2.06 bits per heavy atom. The maximum Gasteiger partial charge on any atom is 0.237 e. The summed E-state index contributed by atoms with van der Waals surface area (Å²) in [6, 6.07) is -0.296. The average molecular weight is 227 g/mol. The maximum absolute atomic E-state index is 11.4. The van der Waals surface area contributed by atoms with Crippen molar-refractivity contribution in [2.24, 2.45) is 0 Å². The van der Waals surface area contributed by atoms with Crippen LogP contribution in [0.3, 0.4) is 0 Å². The first kappa shape index (κ1) is 14.6. The second kappa shape index (κ2) is 7.87. The number of amides is 2. The quantitative estimate of drug-likeness (QED) is 0.589. The van der Waals surface area contributed by atoms with Crippen LogP contribution < -0.4 is 10.6 Å². The van der Waals surface area contributed by atoms with Gasteiger partial charge in [-0.05, 0) is 6.92 Å². The van der Waals surface area contributed by atoms with E-state index < -0.39 is 0 Å². The van der Waals surface area contributed by atoms with Gasteiger partial charge in [-0.3, -0.25) is 9.59 Å². The predicted molar refractivity (Wildman–Crippen MR) is 64.0 cm³/mol. The monoisotopic (exact) mass is 227 g/mol. The summed E-state index contributed by atoms with van der Waals surface area (Å²) >= 11 is 0. The zero-order valence-electron chi connectivity index (χ0n) is 10.2. The fourth-order valence-electron chi connectivity index (χ4n) is 1.04. The molecule has 0 aliphatic rings. The summed E-state index contributed by atoms with van der Waals surface area (Å²) in [5, 5.41) is 5.66. The highest BCUT2D eigenvalue weighted by atomic mass is 16.2. The lowest BCUT2D eigenvalue weighted by atomic mass is 10.3. The van der Waals surface area contributed by atoms with Crippen molar-refractivity contribution in [1.29, 1.82) is 0 Å². The van der Waals surface area contributed by atoms with Gasteiger partial charge in [0.2, 0.25) is 11.8 Å². The van der Waals surface area contributed by atoms with E-state index in [1.807, 2.05) is 0 Å². The second-order valence-corrected chi connectivity index (χ2v) is 3.75. The molecule has 0 saturated heterocycles. The molecule has 0 aliphatic carbocycles. The minimum atomic E-state index is -0.296. The van der Waals surface area contributed by atoms with Crippen LogP contribution in [0.2, 0.25) is 0 Å². The highest BCUT2D eigenvalue weighted by Crippen LogP contribution is 1.87. The van der Waals surface area contributed by atoms with Crippen molar-refractivity contribution in [3.05, 3.63) is 12.7 Å². The Kier molecular flexibility index (Phi) is 7.20. The molecule has 0 heterocycles. The number of rotatable bonds is 7. The van der Waals surface area contributed by atoms with E-state index in [9.17, 15) is 9.59 Å². The molecular formula is C11H21N3O2. The molecule has 2 amide bonds. The van der Waals surface area contributed by atoms with Gasteiger partial charge in [-0.15, -0.1) is 6.58 Å². The van der Waals surface area contributed by atoms with Crippen molar-refractivity contribution in [1.82, 2.24) is 15.5 Å². The second-order valence-electron chi connectivity index (χ2n) is 3.75. The molecule has 1 atom stereocenters. The number of carbonyl (C=O) groups is 2. The van der Waals surface area contributed by atoms with Gasteiger partial charge in [0.05, 0.1) is 6.04 Å². The van der Waals surface area contributed by atoms with E-state index in [1.165, 1.54) is 4.90 Å². The topological polar surface area (TPSA) is 61.4 Å². The summed E-state index contributed by atoms with van der Waals surface area (Å²) in [5.41, 5.74) is 0. The van der Waals surface area contributed by atoms with Gasteiger partial charge in [0.15, 0.2) is 0 Å². The molecule has 0 bridgehead atoms. The Morgan fingerprint density at radius 1 is 1.44 bits per heavy atom. The Labute approximate surface area is 96.9 Å². The minimum absolute atomic E-state index is 0.0474. The summed E-state index contributed by atoms with van der Waals surface area (Å²) in [7, 11) is 3.42. The Bertz CT molecular complexity index is 252. The lowest BCUT2D eigenvalue weighted by Gasteiger charge is -2.14. The van der Waals surface area contributed by atoms with Crippen LogP contribution in [0.1, 0.15) is 13.3 Å². The predicted octanol–water partition coefficient (Wildman–Crippen LogP) is -0.255. The van der Waals surface area contributed by atoms with Gasteiger partial charge < -0.3 is 15.5 Å². The van der Waals surface area contributed by atoms with Gasteiger partial charge in [0.1, 0.15) is 0 Å². The maximum atomic E-state index is 11.4. The van der Waals surface area contributed by atoms with E-state index in [1.54, 1.807) is 27.1 Å². The van der Waals surface area contributed by atoms with Crippen LogP contribution in [0, 0.1) is 0 Å². The molecule has 0 fully saturated rings. The minimum Gasteiger partial charge on any atom is -0.351 e. The highest BCUT2D eigenvalue weighted by Gasteiger charge is 2.11. The SMILES string of the molecule is C=CCNC(=O)C(C)NCCC(=O)N(C)C. The molecule has 0 aromatic rings. The van der Waals surface area contributed by atoms with Crippen molar-refractivity contribution in [2.75, 3.05) is 27.2 Å². The van der Waals surface area contributed by atoms with Gasteiger partial charge in [-0.1, -0.05) is 6.08 Å². The van der Waals surface area contributed by atoms with E-state index in [4.69, 9.17) is 0 Å². The molecule has 5 heteroatoms. The molecule has 2 N–H and O–H groups in total. The molecule has 1 unspecified atom stereocenters. The van der Waals surface area contributed by atoms with Crippen LogP contribution in [-0.4, -0.2) is 49.9 Å². The molecule has 0 aromatic carbocycles. The molecule has 0 rings (SSSR count). The standard InChI is InChI=1S/C11H21N3O2/c1-5-7-13-11(16)9(2)12-8-6-10(15)14(3)4/h5,9,12H,1,6-8H2,2-4H3,(H,13,16). The summed E-state index contributed by atoms with van der Waals surface area (Å²) in [5.74, 6) is -0.0385. The third kappa shape index (κ3) is 6.19. The van der Waals surface area contributed by atoms with Crippen LogP contribution in [-0.2, 0) is 9.59 Å². The summed E-state index contributed by atoms with van der Waals surface area (Å²) in [4.78, 5) is 24.2. The summed E-state index contributed by atoms with van der Waals surface area (Å²) < 4.78 is 0. The number of hydrogen-bond acceptors (Lipinski definition) is 3. The normalized spacial score (nSPS) is 11.7. The lowest BCUT2D eigenvalue weighted by Crippen LogP contribution is -2.43. The first-order valence-corrected chi connectivity index (χ1v) is 5.31. The Balaban J connectivity index is 3.72. The number of nitrogens with one attached hydrogen (secondary N) is 2. The largest absolute Gasteiger partial charge is 0.351 e. The molecule has 0 spiro atoms. The van der Waals surface area contributed by atoms with Crippen molar-refractivity contribution in [2.45, 2.75) is 19.4 Å². The Morgan fingerprint density at radius 3 is 2.56 bits per heavy atom. The zero-order valence-corrected chi connectivity index (χ0v) is 10.2. The summed E-state index contributed by atoms with van der Waals surface area (Å²) in [6.07, 6.45) is 2.02. The van der Waals surface area contributed by atoms with Crippen LogP contribution in [0.5, 0.6) is 0 Å². The number of nitrogens with zero attached hydrogens (tertiary/aromatic N) is 1. The first-order valence-electron chi connectivity index (χ1n) is 5.31. The van der Waals surface area contributed by atoms with Gasteiger partial charge in [-0.25, -0.2) is 0 Å². The van der Waals surface area contributed by atoms with Crippen molar-refractivity contribution >= 4 is 11.8 Å². The fraction of sp³-hybridized carbons (Fsp3) is 0.636. The smallest absolute Gasteiger partial charge is 0.237 e. The number of hydrogen-bond donors (Lipinski definition) is 2. The van der Waals surface area contributed by atoms with Crippen LogP contribution >= 0.6 is 0 Å². The van der Waals surface area contributed by atoms with E-state index in [0.29, 0.717) is 19.5 Å². The van der Waals surface area contributed by atoms with Crippen LogP contribution in [0.25, 0.3) is 0 Å². The van der Waals surface area contributed by atoms with Gasteiger partial charge in [0, 0.05) is 33.6 Å². The molecular weight excluding hydrogens is 206 g/mol. The van der Waals surface area contributed by atoms with Crippen molar-refractivity contribution in [3.8, 4) is 0 Å². The van der Waals surface area contributed by atoms with Gasteiger partial charge >= 0.3 is 0 Å². The molecule has 92 valence electrons. The molecule has 16 heavy (non-hydrogen) atoms. The van der Waals surface area contributed by atoms with E-state index in [0.717, 1.165) is 0 Å². The van der Waals surface area contributed by atoms with Crippen molar-refractivity contribution in [3.63, 3.8) is 0 Å². The van der Waals surface area contributed by atoms with E-state index in [-0.39, 0.29) is 17.9 Å². The van der Waals surface area contributed by atoms with E-state index >= 15 is 0 Å². The fourth-order valence-corrected chi connectivity index (χ4v) is 1.04. The highest BCUT2D eigenvalue weighted by molar-refractivity contribution is 5.81. The van der Waals surface area contributed by atoms with Gasteiger partial charge in [-0.2, -0.15) is 0 Å². The zero-order chi connectivity index (χ0) is 12.6. The molecule has 0 saturated carbocycles. The molecule has 0 radical (unpaired) electrons. The molecule has 5 nitrogen and oxygen atoms in total. The van der Waals surface area contributed by atoms with E-state index in [2.05, 4.69) is 17.2 Å². The number of carbonyl (C=O) groups excluding carboxylic acids is 2. The average Bonchev–Trinajstić information content (AvgIpc) is 2.25. The van der Waals surface area contributed by atoms with Gasteiger partial charge in [0.25, 0.3) is 0 Å². The molecule has 0 aliphatic heterocycles. The first-order chi connectivity index (χ1) is 7.49. The lowest BCUT2D eigenvalue weighted by molar-refractivity contribution is -0.129. The third-order valence-corrected chi connectivity index (χ3v) is 2.10.